The maximum Gasteiger partial charge on any atom is 0.358 e. The molecule has 0 saturated carbocycles. The topological polar surface area (TPSA) is 68.3 Å². The number of aryl methyl sites for hydroxylation is 1. The highest BCUT2D eigenvalue weighted by Crippen LogP contribution is 2.23. The number of esters is 1. The van der Waals surface area contributed by atoms with Crippen molar-refractivity contribution >= 4 is 33.2 Å². The molecule has 7 heteroatoms. The fourth-order valence-corrected chi connectivity index (χ4v) is 3.15. The first-order chi connectivity index (χ1) is 8.43. The number of nitrogens with one attached hydrogen (secondary N) is 1. The van der Waals surface area contributed by atoms with E-state index in [1.165, 1.54) is 11.3 Å². The molecule has 0 fully saturated rings. The van der Waals surface area contributed by atoms with E-state index in [9.17, 15) is 9.00 Å². The largest absolute Gasteiger partial charge is 0.461 e. The second kappa shape index (κ2) is 6.84. The van der Waals surface area contributed by atoms with Crippen LogP contribution in [-0.4, -0.2) is 39.8 Å². The third-order valence-electron chi connectivity index (χ3n) is 2.12. The zero-order valence-corrected chi connectivity index (χ0v) is 12.6. The molecule has 1 N–H and O–H groups in total. The maximum atomic E-state index is 11.6. The summed E-state index contributed by atoms with van der Waals surface area (Å²) in [4.78, 5) is 16.6. The fourth-order valence-electron chi connectivity index (χ4n) is 1.45. The maximum absolute atomic E-state index is 11.6. The molecule has 0 bridgehead atoms. The molecule has 0 aliphatic heterocycles. The average Bonchev–Trinajstić information content (AvgIpc) is 2.58. The van der Waals surface area contributed by atoms with E-state index >= 15 is 0 Å². The molecule has 1 heterocycles. The Balaban J connectivity index is 2.72. The van der Waals surface area contributed by atoms with Crippen molar-refractivity contribution in [3.8, 4) is 0 Å². The Kier molecular flexibility index (Phi) is 5.74. The molecule has 1 aromatic heterocycles. The lowest BCUT2D eigenvalue weighted by atomic mass is 10.4. The third-order valence-corrected chi connectivity index (χ3v) is 3.99. The van der Waals surface area contributed by atoms with Gasteiger partial charge in [0.15, 0.2) is 10.8 Å². The number of nitrogens with zero attached hydrogens (tertiary/aromatic N) is 1. The zero-order chi connectivity index (χ0) is 13.7. The minimum atomic E-state index is -0.857. The summed E-state index contributed by atoms with van der Waals surface area (Å²) in [6.45, 7) is 5.86. The van der Waals surface area contributed by atoms with Crippen molar-refractivity contribution in [2.75, 3.05) is 23.9 Å². The number of carbonyl (C=O) groups is 1. The van der Waals surface area contributed by atoms with E-state index in [1.807, 2.05) is 13.8 Å². The molecule has 0 amide bonds. The first-order valence-corrected chi connectivity index (χ1v) is 8.19. The molecule has 1 rings (SSSR count). The molecule has 0 aliphatic rings. The summed E-state index contributed by atoms with van der Waals surface area (Å²) in [6.07, 6.45) is 1.66. The highest BCUT2D eigenvalue weighted by atomic mass is 32.2. The Hall–Kier alpha value is -0.950. The molecule has 102 valence electrons. The van der Waals surface area contributed by atoms with Gasteiger partial charge in [-0.1, -0.05) is 0 Å². The van der Waals surface area contributed by atoms with Crippen LogP contribution in [0.25, 0.3) is 0 Å². The van der Waals surface area contributed by atoms with Crippen LogP contribution in [0.1, 0.15) is 29.2 Å². The van der Waals surface area contributed by atoms with Crippen molar-refractivity contribution in [3.05, 3.63) is 10.6 Å². The summed E-state index contributed by atoms with van der Waals surface area (Å²) >= 11 is 1.40. The van der Waals surface area contributed by atoms with Crippen LogP contribution in [0.3, 0.4) is 0 Å². The predicted molar refractivity (Wildman–Crippen MR) is 74.8 cm³/mol. The lowest BCUT2D eigenvalue weighted by Gasteiger charge is -2.10. The Morgan fingerprint density at radius 3 is 2.83 bits per heavy atom. The number of anilines is 1. The monoisotopic (exact) mass is 290 g/mol. The van der Waals surface area contributed by atoms with Crippen molar-refractivity contribution in [1.82, 2.24) is 4.98 Å². The van der Waals surface area contributed by atoms with Crippen molar-refractivity contribution in [3.63, 3.8) is 0 Å². The SMILES string of the molecule is CCOC(=O)c1nc(NC(C)CS(C)=O)sc1C. The minimum absolute atomic E-state index is 0.0522. The van der Waals surface area contributed by atoms with E-state index in [0.717, 1.165) is 4.88 Å². The summed E-state index contributed by atoms with van der Waals surface area (Å²) in [6, 6.07) is 0.0522. The first-order valence-electron chi connectivity index (χ1n) is 5.65. The molecule has 0 radical (unpaired) electrons. The number of hydrogen-bond acceptors (Lipinski definition) is 6. The van der Waals surface area contributed by atoms with Gasteiger partial charge in [0, 0.05) is 33.7 Å². The van der Waals surface area contributed by atoms with E-state index < -0.39 is 16.8 Å². The van der Waals surface area contributed by atoms with E-state index in [-0.39, 0.29) is 6.04 Å². The number of rotatable bonds is 6. The molecule has 0 aliphatic carbocycles. The van der Waals surface area contributed by atoms with Crippen molar-refractivity contribution in [2.45, 2.75) is 26.8 Å². The molecule has 5 nitrogen and oxygen atoms in total. The van der Waals surface area contributed by atoms with Crippen LogP contribution >= 0.6 is 11.3 Å². The van der Waals surface area contributed by atoms with Crippen LogP contribution in [0.15, 0.2) is 0 Å². The highest BCUT2D eigenvalue weighted by Gasteiger charge is 2.17. The molecular formula is C11H18N2O3S2. The number of aromatic nitrogens is 1. The summed E-state index contributed by atoms with van der Waals surface area (Å²) < 4.78 is 16.0. The van der Waals surface area contributed by atoms with Gasteiger partial charge in [-0.3, -0.25) is 4.21 Å². The van der Waals surface area contributed by atoms with E-state index in [1.54, 1.807) is 13.2 Å². The van der Waals surface area contributed by atoms with Gasteiger partial charge in [0.25, 0.3) is 0 Å². The van der Waals surface area contributed by atoms with E-state index in [0.29, 0.717) is 23.2 Å². The van der Waals surface area contributed by atoms with Crippen LogP contribution in [-0.2, 0) is 15.5 Å². The Morgan fingerprint density at radius 1 is 1.61 bits per heavy atom. The van der Waals surface area contributed by atoms with E-state index in [4.69, 9.17) is 4.74 Å². The van der Waals surface area contributed by atoms with Gasteiger partial charge in [0.1, 0.15) is 0 Å². The van der Waals surface area contributed by atoms with Gasteiger partial charge >= 0.3 is 5.97 Å². The molecule has 1 aromatic rings. The minimum Gasteiger partial charge on any atom is -0.461 e. The summed E-state index contributed by atoms with van der Waals surface area (Å²) in [7, 11) is -0.857. The highest BCUT2D eigenvalue weighted by molar-refractivity contribution is 7.84. The fraction of sp³-hybridized carbons (Fsp3) is 0.636. The first kappa shape index (κ1) is 15.1. The third kappa shape index (κ3) is 4.38. The molecule has 0 saturated heterocycles. The number of ether oxygens (including phenoxy) is 1. The molecule has 0 spiro atoms. The molecule has 2 atom stereocenters. The van der Waals surface area contributed by atoms with Crippen LogP contribution in [0.5, 0.6) is 0 Å². The number of carbonyl (C=O) groups excluding carboxylic acids is 1. The van der Waals surface area contributed by atoms with Gasteiger partial charge in [-0.2, -0.15) is 0 Å². The number of hydrogen-bond donors (Lipinski definition) is 1. The predicted octanol–water partition coefficient (Wildman–Crippen LogP) is 1.81. The van der Waals surface area contributed by atoms with Gasteiger partial charge in [0.2, 0.25) is 0 Å². The summed E-state index contributed by atoms with van der Waals surface area (Å²) in [5.74, 6) is 0.152. The lowest BCUT2D eigenvalue weighted by Crippen LogP contribution is -2.22. The zero-order valence-electron chi connectivity index (χ0n) is 11.0. The van der Waals surface area contributed by atoms with Gasteiger partial charge in [-0.05, 0) is 20.8 Å². The Morgan fingerprint density at radius 2 is 2.28 bits per heavy atom. The lowest BCUT2D eigenvalue weighted by molar-refractivity contribution is 0.0519. The standard InChI is InChI=1S/C11H18N2O3S2/c1-5-16-10(14)9-8(3)17-11(13-9)12-7(2)6-18(4)15/h7H,5-6H2,1-4H3,(H,12,13). The summed E-state index contributed by atoms with van der Waals surface area (Å²) in [5.41, 5.74) is 0.356. The van der Waals surface area contributed by atoms with Crippen molar-refractivity contribution in [1.29, 1.82) is 0 Å². The second-order valence-corrected chi connectivity index (χ2v) is 6.61. The van der Waals surface area contributed by atoms with Crippen molar-refractivity contribution in [2.24, 2.45) is 0 Å². The number of thiazole rings is 1. The molecular weight excluding hydrogens is 272 g/mol. The van der Waals surface area contributed by atoms with Crippen LogP contribution in [0.2, 0.25) is 0 Å². The van der Waals surface area contributed by atoms with Gasteiger partial charge in [-0.25, -0.2) is 9.78 Å². The summed E-state index contributed by atoms with van der Waals surface area (Å²) in [5, 5.41) is 3.80. The Labute approximate surface area is 113 Å². The molecule has 18 heavy (non-hydrogen) atoms. The Bertz CT molecular complexity index is 445. The smallest absolute Gasteiger partial charge is 0.358 e. The van der Waals surface area contributed by atoms with Gasteiger partial charge in [0.05, 0.1) is 6.61 Å². The second-order valence-electron chi connectivity index (χ2n) is 3.93. The normalized spacial score (nSPS) is 14.0. The van der Waals surface area contributed by atoms with E-state index in [2.05, 4.69) is 10.3 Å². The van der Waals surface area contributed by atoms with Crippen molar-refractivity contribution < 1.29 is 13.7 Å². The molecule has 2 unspecified atom stereocenters. The van der Waals surface area contributed by atoms with Crippen LogP contribution in [0.4, 0.5) is 5.13 Å². The van der Waals surface area contributed by atoms with Crippen LogP contribution < -0.4 is 5.32 Å². The van der Waals surface area contributed by atoms with Gasteiger partial charge < -0.3 is 10.1 Å². The van der Waals surface area contributed by atoms with Gasteiger partial charge in [-0.15, -0.1) is 11.3 Å². The quantitative estimate of drug-likeness (QED) is 0.809. The molecule has 0 aromatic carbocycles. The average molecular weight is 290 g/mol. The van der Waals surface area contributed by atoms with Crippen LogP contribution in [0, 0.1) is 6.92 Å².